The molecule has 6 nitrogen and oxygen atoms in total. The first-order valence-electron chi connectivity index (χ1n) is 4.57. The van der Waals surface area contributed by atoms with Gasteiger partial charge in [-0.1, -0.05) is 6.58 Å². The Labute approximate surface area is 96.9 Å². The predicted octanol–water partition coefficient (Wildman–Crippen LogP) is 0.0550. The molecule has 0 heterocycles. The second kappa shape index (κ2) is 8.92. The molecule has 0 aromatic carbocycles. The number of ether oxygens (including phenoxy) is 2. The van der Waals surface area contributed by atoms with Crippen LogP contribution in [0.25, 0.3) is 0 Å². The monoisotopic (exact) mass is 245 g/mol. The summed E-state index contributed by atoms with van der Waals surface area (Å²) in [5, 5.41) is 2.46. The summed E-state index contributed by atoms with van der Waals surface area (Å²) in [4.78, 5) is 21.9. The zero-order chi connectivity index (χ0) is 12.4. The number of esters is 1. The Morgan fingerprint density at radius 3 is 2.50 bits per heavy atom. The van der Waals surface area contributed by atoms with Crippen LogP contribution >= 0.6 is 0 Å². The third-order valence-corrected chi connectivity index (χ3v) is 1.96. The van der Waals surface area contributed by atoms with Crippen LogP contribution in [0.5, 0.6) is 0 Å². The molecule has 0 aromatic heterocycles. The van der Waals surface area contributed by atoms with Crippen molar-refractivity contribution in [2.45, 2.75) is 6.92 Å². The number of amides is 1. The number of carbonyl (C=O) groups is 2. The molecule has 16 heavy (non-hydrogen) atoms. The molecule has 0 aliphatic heterocycles. The average molecular weight is 245 g/mol. The van der Waals surface area contributed by atoms with E-state index >= 15 is 0 Å². The van der Waals surface area contributed by atoms with Gasteiger partial charge in [0.25, 0.3) is 9.76 Å². The van der Waals surface area contributed by atoms with Gasteiger partial charge < -0.3 is 19.2 Å². The fraction of sp³-hybridized carbons (Fsp3) is 0.556. The topological polar surface area (TPSA) is 73.9 Å². The molecule has 0 saturated carbocycles. The van der Waals surface area contributed by atoms with Crippen molar-refractivity contribution in [3.05, 3.63) is 12.2 Å². The van der Waals surface area contributed by atoms with Crippen LogP contribution in [-0.4, -0.2) is 48.3 Å². The molecule has 0 bridgehead atoms. The van der Waals surface area contributed by atoms with Gasteiger partial charge in [0.15, 0.2) is 0 Å². The lowest BCUT2D eigenvalue weighted by atomic mass is 10.4. The van der Waals surface area contributed by atoms with Crippen molar-refractivity contribution in [1.29, 1.82) is 0 Å². The summed E-state index contributed by atoms with van der Waals surface area (Å²) >= 11 is 0. The minimum Gasteiger partial charge on any atom is -0.459 e. The molecule has 0 rings (SSSR count). The molecule has 0 spiro atoms. The van der Waals surface area contributed by atoms with E-state index in [-0.39, 0.29) is 23.0 Å². The number of alkyl carbamates (subject to hydrolysis) is 1. The van der Waals surface area contributed by atoms with E-state index in [4.69, 9.17) is 13.9 Å². The summed E-state index contributed by atoms with van der Waals surface area (Å²) < 4.78 is 14.2. The quantitative estimate of drug-likeness (QED) is 0.297. The Balaban J connectivity index is 3.41. The summed E-state index contributed by atoms with van der Waals surface area (Å²) in [6.07, 6.45) is -0.156. The minimum atomic E-state index is -0.559. The Hall–Kier alpha value is -1.34. The molecule has 0 unspecified atom stereocenters. The normalized spacial score (nSPS) is 9.38. The Morgan fingerprint density at radius 2 is 1.94 bits per heavy atom. The number of hydrogen-bond donors (Lipinski definition) is 1. The molecule has 0 fully saturated rings. The summed E-state index contributed by atoms with van der Waals surface area (Å²) in [6, 6.07) is 0. The molecule has 1 N–H and O–H groups in total. The van der Waals surface area contributed by atoms with Crippen LogP contribution < -0.4 is 5.32 Å². The highest BCUT2D eigenvalue weighted by Gasteiger charge is 2.04. The molecule has 0 aliphatic rings. The van der Waals surface area contributed by atoms with E-state index in [2.05, 4.69) is 11.9 Å². The van der Waals surface area contributed by atoms with E-state index in [1.54, 1.807) is 14.0 Å². The van der Waals surface area contributed by atoms with Gasteiger partial charge in [-0.2, -0.15) is 0 Å². The van der Waals surface area contributed by atoms with Crippen LogP contribution in [0, 0.1) is 0 Å². The minimum absolute atomic E-state index is 0.0148. The second-order valence-electron chi connectivity index (χ2n) is 2.75. The van der Waals surface area contributed by atoms with E-state index in [1.807, 2.05) is 0 Å². The summed E-state index contributed by atoms with van der Waals surface area (Å²) in [7, 11) is 1.74. The van der Waals surface area contributed by atoms with Gasteiger partial charge in [-0.25, -0.2) is 9.59 Å². The van der Waals surface area contributed by atoms with Gasteiger partial charge >= 0.3 is 12.1 Å². The van der Waals surface area contributed by atoms with E-state index < -0.39 is 12.1 Å². The van der Waals surface area contributed by atoms with Gasteiger partial charge in [-0.15, -0.1) is 0 Å². The molecule has 0 saturated heterocycles. The van der Waals surface area contributed by atoms with Gasteiger partial charge in [0, 0.05) is 18.9 Å². The van der Waals surface area contributed by atoms with Crippen LogP contribution in [0.15, 0.2) is 12.2 Å². The van der Waals surface area contributed by atoms with E-state index in [1.165, 1.54) is 0 Å². The first-order valence-corrected chi connectivity index (χ1v) is 5.68. The number of rotatable bonds is 7. The third kappa shape index (κ3) is 8.01. The van der Waals surface area contributed by atoms with Crippen molar-refractivity contribution >= 4 is 21.8 Å². The van der Waals surface area contributed by atoms with Crippen LogP contribution in [0.1, 0.15) is 6.92 Å². The van der Waals surface area contributed by atoms with Crippen molar-refractivity contribution in [1.82, 2.24) is 5.32 Å². The summed E-state index contributed by atoms with van der Waals surface area (Å²) in [5.41, 5.74) is 0.311. The van der Waals surface area contributed by atoms with Crippen molar-refractivity contribution in [2.24, 2.45) is 0 Å². The lowest BCUT2D eigenvalue weighted by Gasteiger charge is -2.06. The third-order valence-electron chi connectivity index (χ3n) is 1.35. The van der Waals surface area contributed by atoms with Gasteiger partial charge in [0.1, 0.15) is 13.2 Å². The van der Waals surface area contributed by atoms with Crippen molar-refractivity contribution in [2.75, 3.05) is 26.5 Å². The fourth-order valence-electron chi connectivity index (χ4n) is 0.623. The smallest absolute Gasteiger partial charge is 0.407 e. The maximum atomic E-state index is 11.0. The molecule has 90 valence electrons. The van der Waals surface area contributed by atoms with Crippen LogP contribution in [0.3, 0.4) is 0 Å². The predicted molar refractivity (Wildman–Crippen MR) is 57.9 cm³/mol. The number of nitrogens with one attached hydrogen (secondary N) is 1. The van der Waals surface area contributed by atoms with E-state index in [9.17, 15) is 9.59 Å². The summed E-state index contributed by atoms with van der Waals surface area (Å²) in [5.74, 6) is -0.495. The highest BCUT2D eigenvalue weighted by Crippen LogP contribution is 1.91. The maximum Gasteiger partial charge on any atom is 0.407 e. The highest BCUT2D eigenvalue weighted by molar-refractivity contribution is 6.27. The first kappa shape index (κ1) is 14.7. The second-order valence-corrected chi connectivity index (χ2v) is 3.80. The van der Waals surface area contributed by atoms with Crippen LogP contribution in [-0.2, 0) is 18.7 Å². The van der Waals surface area contributed by atoms with E-state index in [0.29, 0.717) is 11.7 Å². The zero-order valence-electron chi connectivity index (χ0n) is 9.37. The lowest BCUT2D eigenvalue weighted by Crippen LogP contribution is -2.30. The standard InChI is InChI=1S/C9H15NO5Si/c1-7(2)8(11)14-4-5-15-9(12)10-6-16-13-3/h1,4-6H2,2-3H3,(H,10,12). The molecule has 0 aliphatic carbocycles. The van der Waals surface area contributed by atoms with Gasteiger partial charge in [-0.3, -0.25) is 0 Å². The molecule has 7 heteroatoms. The number of carbonyl (C=O) groups excluding carboxylic acids is 2. The Kier molecular flexibility index (Phi) is 8.18. The Morgan fingerprint density at radius 1 is 1.31 bits per heavy atom. The summed E-state index contributed by atoms with van der Waals surface area (Å²) in [6.45, 7) is 4.99. The molecule has 0 aromatic rings. The first-order chi connectivity index (χ1) is 7.57. The fourth-order valence-corrected chi connectivity index (χ4v) is 0.984. The van der Waals surface area contributed by atoms with Crippen molar-refractivity contribution in [3.8, 4) is 0 Å². The van der Waals surface area contributed by atoms with Crippen LogP contribution in [0.4, 0.5) is 4.79 Å². The molecular formula is C9H15NO5Si. The number of hydrogen-bond acceptors (Lipinski definition) is 5. The molecule has 1 amide bonds. The van der Waals surface area contributed by atoms with E-state index in [0.717, 1.165) is 0 Å². The lowest BCUT2D eigenvalue weighted by molar-refractivity contribution is -0.139. The van der Waals surface area contributed by atoms with Crippen molar-refractivity contribution in [3.63, 3.8) is 0 Å². The average Bonchev–Trinajstić information content (AvgIpc) is 2.24. The van der Waals surface area contributed by atoms with Gasteiger partial charge in [0.05, 0.1) is 0 Å². The van der Waals surface area contributed by atoms with Crippen LogP contribution in [0.2, 0.25) is 0 Å². The van der Waals surface area contributed by atoms with Crippen molar-refractivity contribution < 1.29 is 23.5 Å². The molecule has 0 atom stereocenters. The molecular weight excluding hydrogens is 230 g/mol. The SMILES string of the molecule is C=C(C)C(=O)OCCOC(=O)NC[Si]OC. The zero-order valence-corrected chi connectivity index (χ0v) is 10.4. The van der Waals surface area contributed by atoms with Gasteiger partial charge in [0.2, 0.25) is 0 Å². The van der Waals surface area contributed by atoms with Gasteiger partial charge in [-0.05, 0) is 6.92 Å². The highest BCUT2D eigenvalue weighted by atomic mass is 28.2. The maximum absolute atomic E-state index is 11.0. The largest absolute Gasteiger partial charge is 0.459 e. The Bertz CT molecular complexity index is 256. The molecule has 2 radical (unpaired) electrons.